The largest absolute Gasteiger partial charge is 0.341 e. The molecule has 3 rings (SSSR count). The Kier molecular flexibility index (Phi) is 4.55. The Morgan fingerprint density at radius 2 is 1.92 bits per heavy atom. The summed E-state index contributed by atoms with van der Waals surface area (Å²) in [5.74, 6) is 0.719. The van der Waals surface area contributed by atoms with Gasteiger partial charge in [-0.05, 0) is 38.8 Å². The third-order valence-corrected chi connectivity index (χ3v) is 3.90. The van der Waals surface area contributed by atoms with Crippen LogP contribution in [0.4, 0.5) is 5.69 Å². The van der Waals surface area contributed by atoms with Crippen molar-refractivity contribution in [2.45, 2.75) is 38.6 Å². The zero-order chi connectivity index (χ0) is 17.1. The molecule has 6 nitrogen and oxygen atoms in total. The number of carbonyl (C=O) groups is 2. The minimum Gasteiger partial charge on any atom is -0.341 e. The fourth-order valence-electron chi connectivity index (χ4n) is 2.34. The van der Waals surface area contributed by atoms with Crippen LogP contribution >= 0.6 is 0 Å². The maximum absolute atomic E-state index is 12.2. The summed E-state index contributed by atoms with van der Waals surface area (Å²) in [6.07, 6.45) is 5.47. The first-order valence-electron chi connectivity index (χ1n) is 8.03. The highest BCUT2D eigenvalue weighted by Gasteiger charge is 2.26. The van der Waals surface area contributed by atoms with Gasteiger partial charge in [-0.3, -0.25) is 9.59 Å². The number of benzene rings is 1. The number of nitrogens with one attached hydrogen (secondary N) is 2. The molecule has 1 unspecified atom stereocenters. The molecule has 0 spiro atoms. The van der Waals surface area contributed by atoms with Crippen molar-refractivity contribution in [3.8, 4) is 0 Å². The van der Waals surface area contributed by atoms with Crippen LogP contribution in [0.15, 0.2) is 36.7 Å². The molecule has 0 bridgehead atoms. The Bertz CT molecular complexity index is 754. The van der Waals surface area contributed by atoms with Gasteiger partial charge in [0.05, 0.1) is 18.1 Å². The summed E-state index contributed by atoms with van der Waals surface area (Å²) in [5, 5.41) is 5.41. The van der Waals surface area contributed by atoms with Crippen LogP contribution in [0.5, 0.6) is 0 Å². The van der Waals surface area contributed by atoms with E-state index in [1.807, 2.05) is 19.1 Å². The van der Waals surface area contributed by atoms with Crippen molar-refractivity contribution in [3.05, 3.63) is 53.6 Å². The van der Waals surface area contributed by atoms with Gasteiger partial charge in [0.25, 0.3) is 5.91 Å². The van der Waals surface area contributed by atoms with Gasteiger partial charge in [-0.25, -0.2) is 9.97 Å². The monoisotopic (exact) mass is 324 g/mol. The van der Waals surface area contributed by atoms with E-state index in [-0.39, 0.29) is 11.8 Å². The highest BCUT2D eigenvalue weighted by molar-refractivity contribution is 6.00. The van der Waals surface area contributed by atoms with Gasteiger partial charge in [0.2, 0.25) is 5.91 Å². The molecule has 24 heavy (non-hydrogen) atoms. The molecule has 0 aliphatic heterocycles. The Morgan fingerprint density at radius 1 is 1.21 bits per heavy atom. The molecule has 0 radical (unpaired) electrons. The maximum atomic E-state index is 12.2. The smallest absolute Gasteiger partial charge is 0.251 e. The first-order chi connectivity index (χ1) is 11.5. The van der Waals surface area contributed by atoms with Gasteiger partial charge in [-0.2, -0.15) is 0 Å². The van der Waals surface area contributed by atoms with Gasteiger partial charge in [0, 0.05) is 11.5 Å². The summed E-state index contributed by atoms with van der Waals surface area (Å²) < 4.78 is 0. The van der Waals surface area contributed by atoms with Crippen molar-refractivity contribution in [2.24, 2.45) is 0 Å². The van der Waals surface area contributed by atoms with Crippen LogP contribution in [-0.4, -0.2) is 27.8 Å². The maximum Gasteiger partial charge on any atom is 0.251 e. The average Bonchev–Trinajstić information content (AvgIpc) is 3.40. The Morgan fingerprint density at radius 3 is 2.54 bits per heavy atom. The highest BCUT2D eigenvalue weighted by Crippen LogP contribution is 2.37. The predicted molar refractivity (Wildman–Crippen MR) is 90.7 cm³/mol. The van der Waals surface area contributed by atoms with Crippen LogP contribution in [0.25, 0.3) is 0 Å². The lowest BCUT2D eigenvalue weighted by Gasteiger charge is -2.14. The van der Waals surface area contributed by atoms with E-state index >= 15 is 0 Å². The molecule has 1 aromatic heterocycles. The van der Waals surface area contributed by atoms with Gasteiger partial charge < -0.3 is 10.6 Å². The molecule has 124 valence electrons. The summed E-state index contributed by atoms with van der Waals surface area (Å²) >= 11 is 0. The molecule has 6 heteroatoms. The Hall–Kier alpha value is -2.76. The number of rotatable bonds is 5. The minimum absolute atomic E-state index is 0.276. The van der Waals surface area contributed by atoms with Crippen molar-refractivity contribution in [2.75, 3.05) is 5.32 Å². The second-order valence-corrected chi connectivity index (χ2v) is 6.16. The molecule has 1 aromatic carbocycles. The standard InChI is InChI=1S/C18H20N4O2/c1-11-4-3-5-14(8-11)18(24)21-12(2)17(23)22-15-9-19-16(20-10-15)13-6-7-13/h3-5,8-10,12-13H,6-7H2,1-2H3,(H,21,24)(H,22,23). The molecular weight excluding hydrogens is 304 g/mol. The molecule has 1 aliphatic rings. The van der Waals surface area contributed by atoms with Crippen LogP contribution < -0.4 is 10.6 Å². The first-order valence-corrected chi connectivity index (χ1v) is 8.03. The number of aromatic nitrogens is 2. The van der Waals surface area contributed by atoms with Gasteiger partial charge >= 0.3 is 0 Å². The van der Waals surface area contributed by atoms with Crippen molar-refractivity contribution < 1.29 is 9.59 Å². The van der Waals surface area contributed by atoms with Gasteiger partial charge in [-0.1, -0.05) is 17.7 Å². The fourth-order valence-corrected chi connectivity index (χ4v) is 2.34. The number of carbonyl (C=O) groups excluding carboxylic acids is 2. The molecular formula is C18H20N4O2. The van der Waals surface area contributed by atoms with E-state index < -0.39 is 6.04 Å². The van der Waals surface area contributed by atoms with Crippen molar-refractivity contribution in [3.63, 3.8) is 0 Å². The number of nitrogens with zero attached hydrogens (tertiary/aromatic N) is 2. The molecule has 2 amide bonds. The minimum atomic E-state index is -0.666. The number of amides is 2. The van der Waals surface area contributed by atoms with E-state index in [9.17, 15) is 9.59 Å². The van der Waals surface area contributed by atoms with Crippen molar-refractivity contribution in [1.29, 1.82) is 0 Å². The van der Waals surface area contributed by atoms with Gasteiger partial charge in [-0.15, -0.1) is 0 Å². The quantitative estimate of drug-likeness (QED) is 0.884. The molecule has 1 heterocycles. The third kappa shape index (κ3) is 3.95. The lowest BCUT2D eigenvalue weighted by atomic mass is 10.1. The van der Waals surface area contributed by atoms with E-state index in [1.165, 1.54) is 0 Å². The number of hydrogen-bond acceptors (Lipinski definition) is 4. The third-order valence-electron chi connectivity index (χ3n) is 3.90. The summed E-state index contributed by atoms with van der Waals surface area (Å²) in [5.41, 5.74) is 2.06. The van der Waals surface area contributed by atoms with E-state index in [2.05, 4.69) is 20.6 Å². The lowest BCUT2D eigenvalue weighted by molar-refractivity contribution is -0.117. The lowest BCUT2D eigenvalue weighted by Crippen LogP contribution is -2.41. The second kappa shape index (κ2) is 6.78. The molecule has 1 atom stereocenters. The SMILES string of the molecule is Cc1cccc(C(=O)NC(C)C(=O)Nc2cnc(C3CC3)nc2)c1. The van der Waals surface area contributed by atoms with Crippen LogP contribution in [-0.2, 0) is 4.79 Å². The first kappa shape index (κ1) is 16.1. The molecule has 2 aromatic rings. The summed E-state index contributed by atoms with van der Waals surface area (Å²) in [4.78, 5) is 32.9. The second-order valence-electron chi connectivity index (χ2n) is 6.16. The van der Waals surface area contributed by atoms with Gasteiger partial charge in [0.1, 0.15) is 11.9 Å². The number of anilines is 1. The zero-order valence-corrected chi connectivity index (χ0v) is 13.7. The van der Waals surface area contributed by atoms with Crippen LogP contribution in [0.3, 0.4) is 0 Å². The highest BCUT2D eigenvalue weighted by atomic mass is 16.2. The Labute approximate surface area is 140 Å². The Balaban J connectivity index is 1.56. The van der Waals surface area contributed by atoms with Crippen molar-refractivity contribution in [1.82, 2.24) is 15.3 Å². The van der Waals surface area contributed by atoms with E-state index in [1.54, 1.807) is 31.5 Å². The van der Waals surface area contributed by atoms with E-state index in [0.29, 0.717) is 17.2 Å². The zero-order valence-electron chi connectivity index (χ0n) is 13.7. The molecule has 1 saturated carbocycles. The summed E-state index contributed by atoms with van der Waals surface area (Å²) in [6.45, 7) is 3.56. The molecule has 0 saturated heterocycles. The molecule has 1 fully saturated rings. The average molecular weight is 324 g/mol. The molecule has 2 N–H and O–H groups in total. The number of aryl methyl sites for hydroxylation is 1. The summed E-state index contributed by atoms with van der Waals surface area (Å²) in [6, 6.07) is 6.56. The topological polar surface area (TPSA) is 84.0 Å². The van der Waals surface area contributed by atoms with Gasteiger partial charge in [0.15, 0.2) is 0 Å². The van der Waals surface area contributed by atoms with Crippen LogP contribution in [0, 0.1) is 6.92 Å². The van der Waals surface area contributed by atoms with Crippen LogP contribution in [0.1, 0.15) is 47.4 Å². The van der Waals surface area contributed by atoms with Crippen LogP contribution in [0.2, 0.25) is 0 Å². The normalized spacial score (nSPS) is 14.8. The summed E-state index contributed by atoms with van der Waals surface area (Å²) in [7, 11) is 0. The molecule has 1 aliphatic carbocycles. The van der Waals surface area contributed by atoms with E-state index in [4.69, 9.17) is 0 Å². The number of hydrogen-bond donors (Lipinski definition) is 2. The predicted octanol–water partition coefficient (Wildman–Crippen LogP) is 2.42. The fraction of sp³-hybridized carbons (Fsp3) is 0.333. The van der Waals surface area contributed by atoms with E-state index in [0.717, 1.165) is 24.2 Å². The van der Waals surface area contributed by atoms with Crippen molar-refractivity contribution >= 4 is 17.5 Å².